The van der Waals surface area contributed by atoms with Crippen molar-refractivity contribution in [1.29, 1.82) is 0 Å². The third kappa shape index (κ3) is 5.07. The SMILES string of the molecule is C/C=C(\C)C1(c2ccc(OC)cc2)CCCN(Cc2cccc(C(=O)N(CC)CC)c2)C1. The van der Waals surface area contributed by atoms with E-state index in [4.69, 9.17) is 4.74 Å². The molecule has 1 fully saturated rings. The van der Waals surface area contributed by atoms with Crippen molar-refractivity contribution < 1.29 is 9.53 Å². The van der Waals surface area contributed by atoms with Crippen molar-refractivity contribution in [2.75, 3.05) is 33.3 Å². The van der Waals surface area contributed by atoms with Crippen LogP contribution in [-0.4, -0.2) is 49.0 Å². The Morgan fingerprint density at radius 1 is 1.16 bits per heavy atom. The monoisotopic (exact) mass is 434 g/mol. The van der Waals surface area contributed by atoms with Crippen LogP contribution in [0.1, 0.15) is 62.0 Å². The Labute approximate surface area is 193 Å². The zero-order valence-electron chi connectivity index (χ0n) is 20.4. The van der Waals surface area contributed by atoms with Crippen LogP contribution >= 0.6 is 0 Å². The first kappa shape index (κ1) is 24.1. The molecule has 32 heavy (non-hydrogen) atoms. The van der Waals surface area contributed by atoms with Gasteiger partial charge in [-0.25, -0.2) is 0 Å². The second kappa shape index (κ2) is 10.8. The minimum absolute atomic E-state index is 0.00786. The number of amides is 1. The quantitative estimate of drug-likeness (QED) is 0.501. The molecule has 0 bridgehead atoms. The molecular weight excluding hydrogens is 396 g/mol. The first-order valence-corrected chi connectivity index (χ1v) is 11.9. The van der Waals surface area contributed by atoms with E-state index in [1.165, 1.54) is 16.7 Å². The van der Waals surface area contributed by atoms with Crippen molar-refractivity contribution in [3.63, 3.8) is 0 Å². The lowest BCUT2D eigenvalue weighted by atomic mass is 9.69. The summed E-state index contributed by atoms with van der Waals surface area (Å²) in [7, 11) is 1.71. The molecule has 4 nitrogen and oxygen atoms in total. The van der Waals surface area contributed by atoms with Gasteiger partial charge in [-0.15, -0.1) is 0 Å². The van der Waals surface area contributed by atoms with Gasteiger partial charge in [-0.05, 0) is 82.5 Å². The maximum atomic E-state index is 12.8. The van der Waals surface area contributed by atoms with Gasteiger partial charge in [0, 0.05) is 37.2 Å². The van der Waals surface area contributed by atoms with E-state index in [2.05, 4.69) is 61.2 Å². The highest BCUT2D eigenvalue weighted by Gasteiger charge is 2.38. The van der Waals surface area contributed by atoms with Crippen LogP contribution in [0.2, 0.25) is 0 Å². The van der Waals surface area contributed by atoms with Crippen molar-refractivity contribution in [1.82, 2.24) is 9.80 Å². The first-order chi connectivity index (χ1) is 15.5. The lowest BCUT2D eigenvalue weighted by molar-refractivity contribution is 0.0772. The Kier molecular flexibility index (Phi) is 8.14. The highest BCUT2D eigenvalue weighted by atomic mass is 16.5. The summed E-state index contributed by atoms with van der Waals surface area (Å²) >= 11 is 0. The molecule has 1 atom stereocenters. The van der Waals surface area contributed by atoms with E-state index in [9.17, 15) is 4.79 Å². The average Bonchev–Trinajstić information content (AvgIpc) is 2.84. The molecule has 0 aliphatic carbocycles. The molecule has 1 saturated heterocycles. The standard InChI is InChI=1S/C28H38N2O2/c1-6-22(4)28(25-13-15-26(32-5)16-14-25)17-10-18-29(21-28)20-23-11-9-12-24(19-23)27(31)30(7-2)8-3/h6,9,11-16,19H,7-8,10,17-18,20-21H2,1-5H3/b22-6+. The van der Waals surface area contributed by atoms with E-state index in [-0.39, 0.29) is 11.3 Å². The van der Waals surface area contributed by atoms with E-state index < -0.39 is 0 Å². The van der Waals surface area contributed by atoms with Gasteiger partial charge in [-0.2, -0.15) is 0 Å². The molecule has 1 aliphatic heterocycles. The molecule has 0 radical (unpaired) electrons. The van der Waals surface area contributed by atoms with Gasteiger partial charge in [0.2, 0.25) is 0 Å². The van der Waals surface area contributed by atoms with Crippen LogP contribution in [0, 0.1) is 0 Å². The maximum absolute atomic E-state index is 12.8. The number of likely N-dealkylation sites (tertiary alicyclic amines) is 1. The van der Waals surface area contributed by atoms with Crippen LogP contribution in [0.5, 0.6) is 5.75 Å². The summed E-state index contributed by atoms with van der Waals surface area (Å²) in [6.45, 7) is 12.8. The van der Waals surface area contributed by atoms with Crippen LogP contribution in [0.15, 0.2) is 60.2 Å². The number of benzene rings is 2. The molecule has 172 valence electrons. The van der Waals surface area contributed by atoms with Crippen LogP contribution in [0.3, 0.4) is 0 Å². The van der Waals surface area contributed by atoms with Gasteiger partial charge in [-0.3, -0.25) is 9.69 Å². The van der Waals surface area contributed by atoms with Crippen LogP contribution < -0.4 is 4.74 Å². The Hall–Kier alpha value is -2.59. The highest BCUT2D eigenvalue weighted by molar-refractivity contribution is 5.94. The minimum atomic E-state index is 0.00786. The molecule has 0 aromatic heterocycles. The number of hydrogen-bond donors (Lipinski definition) is 0. The summed E-state index contributed by atoms with van der Waals surface area (Å²) in [6, 6.07) is 16.8. The number of rotatable bonds is 8. The highest BCUT2D eigenvalue weighted by Crippen LogP contribution is 2.41. The maximum Gasteiger partial charge on any atom is 0.253 e. The molecule has 2 aromatic rings. The summed E-state index contributed by atoms with van der Waals surface area (Å²) in [5.74, 6) is 1.01. The number of carbonyl (C=O) groups excluding carboxylic acids is 1. The van der Waals surface area contributed by atoms with Crippen molar-refractivity contribution >= 4 is 5.91 Å². The molecule has 1 unspecified atom stereocenters. The molecule has 0 N–H and O–H groups in total. The van der Waals surface area contributed by atoms with Crippen molar-refractivity contribution in [3.8, 4) is 5.75 Å². The Balaban J connectivity index is 1.84. The number of piperidine rings is 1. The molecule has 1 heterocycles. The van der Waals surface area contributed by atoms with Gasteiger partial charge in [0.25, 0.3) is 5.91 Å². The Morgan fingerprint density at radius 3 is 2.50 bits per heavy atom. The van der Waals surface area contributed by atoms with Crippen LogP contribution in [-0.2, 0) is 12.0 Å². The number of allylic oxidation sites excluding steroid dienone is 1. The van der Waals surface area contributed by atoms with Gasteiger partial charge < -0.3 is 9.64 Å². The van der Waals surface area contributed by atoms with E-state index in [1.807, 2.05) is 30.9 Å². The van der Waals surface area contributed by atoms with E-state index in [1.54, 1.807) is 7.11 Å². The number of hydrogen-bond acceptors (Lipinski definition) is 3. The Bertz CT molecular complexity index is 931. The molecule has 1 amide bonds. The van der Waals surface area contributed by atoms with Crippen molar-refractivity contribution in [3.05, 3.63) is 76.9 Å². The fourth-order valence-electron chi connectivity index (χ4n) is 5.01. The fourth-order valence-corrected chi connectivity index (χ4v) is 5.01. The molecule has 0 saturated carbocycles. The summed E-state index contributed by atoms with van der Waals surface area (Å²) < 4.78 is 5.38. The predicted molar refractivity (Wildman–Crippen MR) is 132 cm³/mol. The molecule has 3 rings (SSSR count). The summed E-state index contributed by atoms with van der Waals surface area (Å²) in [4.78, 5) is 17.2. The van der Waals surface area contributed by atoms with Gasteiger partial charge in [0.15, 0.2) is 0 Å². The van der Waals surface area contributed by atoms with E-state index >= 15 is 0 Å². The number of methoxy groups -OCH3 is 1. The van der Waals surface area contributed by atoms with Gasteiger partial charge in [0.05, 0.1) is 7.11 Å². The van der Waals surface area contributed by atoms with Crippen LogP contribution in [0.25, 0.3) is 0 Å². The minimum Gasteiger partial charge on any atom is -0.497 e. The smallest absolute Gasteiger partial charge is 0.253 e. The topological polar surface area (TPSA) is 32.8 Å². The summed E-state index contributed by atoms with van der Waals surface area (Å²) in [6.07, 6.45) is 4.55. The summed E-state index contributed by atoms with van der Waals surface area (Å²) in [5.41, 5.74) is 4.76. The lowest BCUT2D eigenvalue weighted by Crippen LogP contribution is -2.46. The van der Waals surface area contributed by atoms with Crippen molar-refractivity contribution in [2.24, 2.45) is 0 Å². The number of nitrogens with zero attached hydrogens (tertiary/aromatic N) is 2. The largest absolute Gasteiger partial charge is 0.497 e. The van der Waals surface area contributed by atoms with Crippen molar-refractivity contribution in [2.45, 2.75) is 52.5 Å². The number of carbonyl (C=O) groups is 1. The molecule has 4 heteroatoms. The fraction of sp³-hybridized carbons (Fsp3) is 0.464. The molecule has 0 spiro atoms. The zero-order chi connectivity index (χ0) is 23.1. The van der Waals surface area contributed by atoms with Crippen LogP contribution in [0.4, 0.5) is 0 Å². The number of ether oxygens (including phenoxy) is 1. The molecule has 1 aliphatic rings. The first-order valence-electron chi connectivity index (χ1n) is 11.9. The average molecular weight is 435 g/mol. The lowest BCUT2D eigenvalue weighted by Gasteiger charge is -2.44. The molecular formula is C28H38N2O2. The van der Waals surface area contributed by atoms with E-state index in [0.29, 0.717) is 0 Å². The summed E-state index contributed by atoms with van der Waals surface area (Å²) in [5, 5.41) is 0. The normalized spacial score (nSPS) is 19.6. The van der Waals surface area contributed by atoms with Gasteiger partial charge in [-0.1, -0.05) is 35.9 Å². The second-order valence-electron chi connectivity index (χ2n) is 8.77. The third-order valence-electron chi connectivity index (χ3n) is 7.03. The molecule has 2 aromatic carbocycles. The third-order valence-corrected chi connectivity index (χ3v) is 7.03. The van der Waals surface area contributed by atoms with E-state index in [0.717, 1.165) is 56.9 Å². The Morgan fingerprint density at radius 2 is 1.88 bits per heavy atom. The van der Waals surface area contributed by atoms with Gasteiger partial charge in [0.1, 0.15) is 5.75 Å². The zero-order valence-corrected chi connectivity index (χ0v) is 20.4. The second-order valence-corrected chi connectivity index (χ2v) is 8.77. The van der Waals surface area contributed by atoms with Gasteiger partial charge >= 0.3 is 0 Å². The predicted octanol–water partition coefficient (Wildman–Crippen LogP) is 5.68.